The van der Waals surface area contributed by atoms with E-state index in [1.54, 1.807) is 17.4 Å². The van der Waals surface area contributed by atoms with Gasteiger partial charge in [0.2, 0.25) is 11.8 Å². The summed E-state index contributed by atoms with van der Waals surface area (Å²) in [6.45, 7) is 6.87. The molecule has 0 saturated carbocycles. The first-order valence-electron chi connectivity index (χ1n) is 8.81. The van der Waals surface area contributed by atoms with Gasteiger partial charge in [0.1, 0.15) is 12.4 Å². The van der Waals surface area contributed by atoms with Crippen molar-refractivity contribution in [2.24, 2.45) is 5.92 Å². The van der Waals surface area contributed by atoms with E-state index in [0.29, 0.717) is 19.7 Å². The first-order chi connectivity index (χ1) is 12.9. The van der Waals surface area contributed by atoms with Crippen LogP contribution in [0.15, 0.2) is 35.7 Å². The van der Waals surface area contributed by atoms with Crippen molar-refractivity contribution in [1.82, 2.24) is 15.6 Å². The average Bonchev–Trinajstić information content (AvgIpc) is 3.07. The normalized spacial score (nSPS) is 11.0. The average molecular weight is 388 g/mol. The number of nitrogens with one attached hydrogen (secondary N) is 2. The summed E-state index contributed by atoms with van der Waals surface area (Å²) in [5, 5.41) is 8.48. The van der Waals surface area contributed by atoms with Crippen molar-refractivity contribution in [2.75, 3.05) is 13.1 Å². The van der Waals surface area contributed by atoms with Gasteiger partial charge >= 0.3 is 0 Å². The minimum absolute atomic E-state index is 0.0213. The molecule has 0 spiro atoms. The van der Waals surface area contributed by atoms with Crippen molar-refractivity contribution in [2.45, 2.75) is 27.4 Å². The summed E-state index contributed by atoms with van der Waals surface area (Å²) in [4.78, 5) is 27.5. The van der Waals surface area contributed by atoms with E-state index < -0.39 is 0 Å². The largest absolute Gasteiger partial charge is 0.487 e. The van der Waals surface area contributed by atoms with Gasteiger partial charge in [0, 0.05) is 30.5 Å². The Bertz CT molecular complexity index is 782. The van der Waals surface area contributed by atoms with Crippen molar-refractivity contribution >= 4 is 29.2 Å². The van der Waals surface area contributed by atoms with Gasteiger partial charge in [0.15, 0.2) is 0 Å². The van der Waals surface area contributed by atoms with Crippen LogP contribution in [0, 0.1) is 12.8 Å². The van der Waals surface area contributed by atoms with Crippen molar-refractivity contribution in [3.8, 4) is 5.75 Å². The van der Waals surface area contributed by atoms with Crippen LogP contribution in [0.1, 0.15) is 30.1 Å². The Morgan fingerprint density at radius 3 is 2.52 bits per heavy atom. The molecule has 0 unspecified atom stereocenters. The molecule has 0 aliphatic rings. The zero-order chi connectivity index (χ0) is 19.6. The fourth-order valence-electron chi connectivity index (χ4n) is 2.11. The van der Waals surface area contributed by atoms with Crippen LogP contribution in [-0.4, -0.2) is 29.9 Å². The summed E-state index contributed by atoms with van der Waals surface area (Å²) in [5.41, 5.74) is 1.82. The van der Waals surface area contributed by atoms with Crippen LogP contribution in [0.4, 0.5) is 0 Å². The number of aryl methyl sites for hydroxylation is 1. The van der Waals surface area contributed by atoms with E-state index in [0.717, 1.165) is 22.0 Å². The lowest BCUT2D eigenvalue weighted by Gasteiger charge is -2.07. The molecule has 0 fully saturated rings. The Labute approximate surface area is 163 Å². The lowest BCUT2D eigenvalue weighted by atomic mass is 10.2. The number of ether oxygens (including phenoxy) is 1. The molecule has 144 valence electrons. The van der Waals surface area contributed by atoms with Gasteiger partial charge in [-0.25, -0.2) is 4.98 Å². The third kappa shape index (κ3) is 7.62. The zero-order valence-electron chi connectivity index (χ0n) is 15.8. The van der Waals surface area contributed by atoms with Crippen LogP contribution >= 0.6 is 11.3 Å². The first kappa shape index (κ1) is 20.6. The third-order valence-corrected chi connectivity index (χ3v) is 4.43. The highest BCUT2D eigenvalue weighted by atomic mass is 32.1. The third-order valence-electron chi connectivity index (χ3n) is 3.61. The molecule has 2 rings (SSSR count). The number of benzene rings is 1. The lowest BCUT2D eigenvalue weighted by Crippen LogP contribution is -2.35. The molecule has 2 N–H and O–H groups in total. The highest BCUT2D eigenvalue weighted by Crippen LogP contribution is 2.16. The van der Waals surface area contributed by atoms with E-state index >= 15 is 0 Å². The number of thiazole rings is 1. The highest BCUT2D eigenvalue weighted by Gasteiger charge is 2.05. The van der Waals surface area contributed by atoms with E-state index in [9.17, 15) is 9.59 Å². The summed E-state index contributed by atoms with van der Waals surface area (Å²) >= 11 is 1.60. The molecule has 2 amide bonds. The first-order valence-corrected chi connectivity index (χ1v) is 9.69. The molecule has 0 atom stereocenters. The van der Waals surface area contributed by atoms with Gasteiger partial charge in [-0.05, 0) is 30.7 Å². The zero-order valence-corrected chi connectivity index (χ0v) is 16.6. The predicted octanol–water partition coefficient (Wildman–Crippen LogP) is 2.93. The predicted molar refractivity (Wildman–Crippen MR) is 108 cm³/mol. The summed E-state index contributed by atoms with van der Waals surface area (Å²) in [5.74, 6) is 0.473. The van der Waals surface area contributed by atoms with Crippen molar-refractivity contribution < 1.29 is 14.3 Å². The van der Waals surface area contributed by atoms with E-state index in [2.05, 4.69) is 15.6 Å². The number of amides is 2. The molecule has 0 saturated heterocycles. The molecule has 0 aliphatic carbocycles. The number of rotatable bonds is 9. The summed E-state index contributed by atoms with van der Waals surface area (Å²) < 4.78 is 5.69. The Kier molecular flexibility index (Phi) is 8.00. The van der Waals surface area contributed by atoms with E-state index in [4.69, 9.17) is 4.74 Å². The minimum atomic E-state index is -0.201. The van der Waals surface area contributed by atoms with Crippen LogP contribution < -0.4 is 15.4 Å². The van der Waals surface area contributed by atoms with Crippen LogP contribution in [0.3, 0.4) is 0 Å². The molecule has 0 bridgehead atoms. The molecular formula is C20H25N3O3S. The SMILES string of the molecule is Cc1nc(COc2ccc(/C=C/C(=O)NCCNC(=O)C(C)C)cc2)cs1. The van der Waals surface area contributed by atoms with Gasteiger partial charge < -0.3 is 15.4 Å². The van der Waals surface area contributed by atoms with E-state index in [1.165, 1.54) is 6.08 Å². The van der Waals surface area contributed by atoms with Gasteiger partial charge in [0.25, 0.3) is 0 Å². The Balaban J connectivity index is 1.71. The second-order valence-corrected chi connectivity index (χ2v) is 7.35. The second-order valence-electron chi connectivity index (χ2n) is 6.29. The number of nitrogens with zero attached hydrogens (tertiary/aromatic N) is 1. The van der Waals surface area contributed by atoms with Crippen LogP contribution in [0.2, 0.25) is 0 Å². The van der Waals surface area contributed by atoms with Crippen LogP contribution in [0.5, 0.6) is 5.75 Å². The lowest BCUT2D eigenvalue weighted by molar-refractivity contribution is -0.124. The maximum atomic E-state index is 11.8. The number of hydrogen-bond donors (Lipinski definition) is 2. The van der Waals surface area contributed by atoms with Crippen LogP contribution in [-0.2, 0) is 16.2 Å². The molecule has 27 heavy (non-hydrogen) atoms. The summed E-state index contributed by atoms with van der Waals surface area (Å²) in [6.07, 6.45) is 3.20. The van der Waals surface area contributed by atoms with E-state index in [1.807, 2.05) is 50.4 Å². The van der Waals surface area contributed by atoms with Gasteiger partial charge in [-0.3, -0.25) is 9.59 Å². The second kappa shape index (κ2) is 10.5. The fourth-order valence-corrected chi connectivity index (χ4v) is 2.71. The van der Waals surface area contributed by atoms with Gasteiger partial charge in [-0.2, -0.15) is 0 Å². The molecule has 0 aliphatic heterocycles. The number of hydrogen-bond acceptors (Lipinski definition) is 5. The van der Waals surface area contributed by atoms with Gasteiger partial charge in [-0.1, -0.05) is 26.0 Å². The number of carbonyl (C=O) groups is 2. The Morgan fingerprint density at radius 2 is 1.89 bits per heavy atom. The smallest absolute Gasteiger partial charge is 0.244 e. The minimum Gasteiger partial charge on any atom is -0.487 e. The molecule has 7 heteroatoms. The monoisotopic (exact) mass is 387 g/mol. The summed E-state index contributed by atoms with van der Waals surface area (Å²) in [7, 11) is 0. The van der Waals surface area contributed by atoms with Crippen LogP contribution in [0.25, 0.3) is 6.08 Å². The van der Waals surface area contributed by atoms with Gasteiger partial charge in [0.05, 0.1) is 10.7 Å². The maximum Gasteiger partial charge on any atom is 0.244 e. The highest BCUT2D eigenvalue weighted by molar-refractivity contribution is 7.09. The molecule has 6 nitrogen and oxygen atoms in total. The Morgan fingerprint density at radius 1 is 1.19 bits per heavy atom. The molecule has 2 aromatic rings. The Hall–Kier alpha value is -2.67. The number of aromatic nitrogens is 1. The van der Waals surface area contributed by atoms with Gasteiger partial charge in [-0.15, -0.1) is 11.3 Å². The molecule has 1 heterocycles. The summed E-state index contributed by atoms with van der Waals surface area (Å²) in [6, 6.07) is 7.49. The molecular weight excluding hydrogens is 362 g/mol. The van der Waals surface area contributed by atoms with E-state index in [-0.39, 0.29) is 17.7 Å². The molecule has 1 aromatic carbocycles. The quantitative estimate of drug-likeness (QED) is 0.512. The number of carbonyl (C=O) groups excluding carboxylic acids is 2. The maximum absolute atomic E-state index is 11.8. The molecule has 0 radical (unpaired) electrons. The fraction of sp³-hybridized carbons (Fsp3) is 0.350. The topological polar surface area (TPSA) is 80.3 Å². The standard InChI is InChI=1S/C20H25N3O3S/c1-14(2)20(25)22-11-10-21-19(24)9-6-16-4-7-18(8-5-16)26-12-17-13-27-15(3)23-17/h4-9,13-14H,10-12H2,1-3H3,(H,21,24)(H,22,25)/b9-6+. The molecule has 1 aromatic heterocycles. The van der Waals surface area contributed by atoms with Crippen molar-refractivity contribution in [3.05, 3.63) is 52.0 Å². The van der Waals surface area contributed by atoms with Crippen molar-refractivity contribution in [1.29, 1.82) is 0 Å². The van der Waals surface area contributed by atoms with Crippen molar-refractivity contribution in [3.63, 3.8) is 0 Å².